The topological polar surface area (TPSA) is 38.7 Å². The standard InChI is InChI=1S/C5H3N3S2/c1-2-9-7-4(1)5-3-10-8-6-5/h1-3H. The Bertz CT molecular complexity index is 254. The van der Waals surface area contributed by atoms with Crippen molar-refractivity contribution in [3.63, 3.8) is 0 Å². The predicted molar refractivity (Wildman–Crippen MR) is 41.0 cm³/mol. The molecule has 0 aliphatic rings. The SMILES string of the molecule is c1cc(-c2csnn2)ns1. The second kappa shape index (κ2) is 2.43. The summed E-state index contributed by atoms with van der Waals surface area (Å²) in [5.41, 5.74) is 1.78. The Balaban J connectivity index is 2.48. The van der Waals surface area contributed by atoms with Crippen LogP contribution in [0.15, 0.2) is 16.8 Å². The van der Waals surface area contributed by atoms with E-state index in [9.17, 15) is 0 Å². The number of nitrogens with zero attached hydrogens (tertiary/aromatic N) is 3. The Morgan fingerprint density at radius 2 is 2.20 bits per heavy atom. The van der Waals surface area contributed by atoms with Gasteiger partial charge in [-0.2, -0.15) is 4.37 Å². The van der Waals surface area contributed by atoms with Gasteiger partial charge >= 0.3 is 0 Å². The molecule has 0 saturated heterocycles. The van der Waals surface area contributed by atoms with Crippen LogP contribution in [0.1, 0.15) is 0 Å². The van der Waals surface area contributed by atoms with Crippen molar-refractivity contribution in [1.82, 2.24) is 14.0 Å². The van der Waals surface area contributed by atoms with Crippen molar-refractivity contribution in [2.45, 2.75) is 0 Å². The maximum atomic E-state index is 4.10. The lowest BCUT2D eigenvalue weighted by Crippen LogP contribution is -1.74. The van der Waals surface area contributed by atoms with Crippen LogP contribution in [0, 0.1) is 0 Å². The molecule has 0 N–H and O–H groups in total. The lowest BCUT2D eigenvalue weighted by Gasteiger charge is -1.80. The van der Waals surface area contributed by atoms with Crippen LogP contribution in [0.2, 0.25) is 0 Å². The van der Waals surface area contributed by atoms with Crippen LogP contribution in [0.3, 0.4) is 0 Å². The van der Waals surface area contributed by atoms with Gasteiger partial charge in [0.2, 0.25) is 0 Å². The first-order valence-corrected chi connectivity index (χ1v) is 4.32. The maximum absolute atomic E-state index is 4.10. The van der Waals surface area contributed by atoms with Crippen LogP contribution >= 0.6 is 23.1 Å². The Morgan fingerprint density at radius 3 is 2.80 bits per heavy atom. The van der Waals surface area contributed by atoms with E-state index >= 15 is 0 Å². The van der Waals surface area contributed by atoms with E-state index < -0.39 is 0 Å². The molecule has 5 heteroatoms. The van der Waals surface area contributed by atoms with E-state index in [1.54, 1.807) is 0 Å². The first-order valence-electron chi connectivity index (χ1n) is 2.64. The molecule has 0 bridgehead atoms. The van der Waals surface area contributed by atoms with Gasteiger partial charge in [-0.25, -0.2) is 0 Å². The lowest BCUT2D eigenvalue weighted by molar-refractivity contribution is 1.15. The second-order valence-electron chi connectivity index (χ2n) is 1.67. The molecule has 0 saturated carbocycles. The molecule has 0 aliphatic heterocycles. The molecule has 2 rings (SSSR count). The van der Waals surface area contributed by atoms with Gasteiger partial charge in [-0.1, -0.05) is 4.49 Å². The quantitative estimate of drug-likeness (QED) is 0.651. The molecule has 0 aliphatic carbocycles. The van der Waals surface area contributed by atoms with Crippen molar-refractivity contribution < 1.29 is 0 Å². The zero-order chi connectivity index (χ0) is 6.81. The van der Waals surface area contributed by atoms with Gasteiger partial charge in [0.25, 0.3) is 0 Å². The first-order chi connectivity index (χ1) is 4.97. The Kier molecular flexibility index (Phi) is 1.44. The fraction of sp³-hybridized carbons (Fsp3) is 0. The highest BCUT2D eigenvalue weighted by molar-refractivity contribution is 7.04. The molecule has 0 unspecified atom stereocenters. The molecule has 0 radical (unpaired) electrons. The normalized spacial score (nSPS) is 10.0. The summed E-state index contributed by atoms with van der Waals surface area (Å²) in [5, 5.41) is 7.68. The fourth-order valence-electron chi connectivity index (χ4n) is 0.621. The monoisotopic (exact) mass is 169 g/mol. The van der Waals surface area contributed by atoms with Crippen LogP contribution in [0.25, 0.3) is 11.4 Å². The van der Waals surface area contributed by atoms with Crippen molar-refractivity contribution >= 4 is 23.1 Å². The van der Waals surface area contributed by atoms with Crippen LogP contribution in [0.5, 0.6) is 0 Å². The van der Waals surface area contributed by atoms with Crippen LogP contribution in [-0.2, 0) is 0 Å². The summed E-state index contributed by atoms with van der Waals surface area (Å²) in [7, 11) is 0. The van der Waals surface area contributed by atoms with E-state index in [2.05, 4.69) is 14.0 Å². The summed E-state index contributed by atoms with van der Waals surface area (Å²) >= 11 is 2.77. The highest BCUT2D eigenvalue weighted by atomic mass is 32.1. The van der Waals surface area contributed by atoms with Crippen LogP contribution in [-0.4, -0.2) is 14.0 Å². The molecule has 0 spiro atoms. The minimum atomic E-state index is 0.867. The predicted octanol–water partition coefficient (Wildman–Crippen LogP) is 1.66. The average Bonchev–Trinajstić information content (AvgIpc) is 2.59. The number of aromatic nitrogens is 3. The summed E-state index contributed by atoms with van der Waals surface area (Å²) in [6, 6.07) is 1.93. The molecule has 3 nitrogen and oxygen atoms in total. The second-order valence-corrected chi connectivity index (χ2v) is 2.95. The van der Waals surface area contributed by atoms with Gasteiger partial charge < -0.3 is 0 Å². The summed E-state index contributed by atoms with van der Waals surface area (Å²) in [6.07, 6.45) is 0. The molecule has 50 valence electrons. The van der Waals surface area contributed by atoms with Gasteiger partial charge in [0.15, 0.2) is 0 Å². The minimum absolute atomic E-state index is 0.867. The van der Waals surface area contributed by atoms with Gasteiger partial charge in [-0.05, 0) is 29.1 Å². The highest BCUT2D eigenvalue weighted by Gasteiger charge is 2.00. The van der Waals surface area contributed by atoms with Crippen molar-refractivity contribution in [3.8, 4) is 11.4 Å². The molecular weight excluding hydrogens is 166 g/mol. The summed E-state index contributed by atoms with van der Waals surface area (Å²) in [5.74, 6) is 0. The summed E-state index contributed by atoms with van der Waals surface area (Å²) in [4.78, 5) is 0. The van der Waals surface area contributed by atoms with E-state index in [0.29, 0.717) is 0 Å². The van der Waals surface area contributed by atoms with Gasteiger partial charge in [-0.15, -0.1) is 5.10 Å². The van der Waals surface area contributed by atoms with Crippen molar-refractivity contribution in [3.05, 3.63) is 16.8 Å². The molecule has 0 amide bonds. The van der Waals surface area contributed by atoms with Crippen LogP contribution in [0.4, 0.5) is 0 Å². The maximum Gasteiger partial charge on any atom is 0.125 e. The van der Waals surface area contributed by atoms with E-state index in [1.807, 2.05) is 16.8 Å². The van der Waals surface area contributed by atoms with Gasteiger partial charge in [0.05, 0.1) is 0 Å². The van der Waals surface area contributed by atoms with E-state index in [0.717, 1.165) is 11.4 Å². The third kappa shape index (κ3) is 0.932. The smallest absolute Gasteiger partial charge is 0.125 e. The van der Waals surface area contributed by atoms with Crippen molar-refractivity contribution in [2.75, 3.05) is 0 Å². The number of hydrogen-bond donors (Lipinski definition) is 0. The van der Waals surface area contributed by atoms with Gasteiger partial charge in [0.1, 0.15) is 11.4 Å². The first kappa shape index (κ1) is 5.94. The fourth-order valence-corrected chi connectivity index (χ4v) is 1.59. The molecule has 10 heavy (non-hydrogen) atoms. The molecular formula is C5H3N3S2. The van der Waals surface area contributed by atoms with Crippen molar-refractivity contribution in [2.24, 2.45) is 0 Å². The van der Waals surface area contributed by atoms with E-state index in [4.69, 9.17) is 0 Å². The average molecular weight is 169 g/mol. The zero-order valence-corrected chi connectivity index (χ0v) is 6.52. The van der Waals surface area contributed by atoms with Crippen LogP contribution < -0.4 is 0 Å². The molecule has 0 aromatic carbocycles. The largest absolute Gasteiger partial charge is 0.191 e. The Morgan fingerprint density at radius 1 is 1.20 bits per heavy atom. The molecule has 2 aromatic rings. The van der Waals surface area contributed by atoms with E-state index in [1.165, 1.54) is 23.1 Å². The van der Waals surface area contributed by atoms with Crippen molar-refractivity contribution in [1.29, 1.82) is 0 Å². The molecule has 0 fully saturated rings. The summed E-state index contributed by atoms with van der Waals surface area (Å²) in [6.45, 7) is 0. The Labute approximate surface area is 65.7 Å². The number of rotatable bonds is 1. The minimum Gasteiger partial charge on any atom is -0.191 e. The zero-order valence-electron chi connectivity index (χ0n) is 4.89. The van der Waals surface area contributed by atoms with E-state index in [-0.39, 0.29) is 0 Å². The Hall–Kier alpha value is -0.810. The molecule has 2 heterocycles. The van der Waals surface area contributed by atoms with Gasteiger partial charge in [-0.3, -0.25) is 0 Å². The third-order valence-corrected chi connectivity index (χ3v) is 2.12. The van der Waals surface area contributed by atoms with Gasteiger partial charge in [0, 0.05) is 10.8 Å². The number of hydrogen-bond acceptors (Lipinski definition) is 5. The molecule has 0 atom stereocenters. The summed E-state index contributed by atoms with van der Waals surface area (Å²) < 4.78 is 7.84. The highest BCUT2D eigenvalue weighted by Crippen LogP contribution is 2.15. The third-order valence-electron chi connectivity index (χ3n) is 1.06. The lowest BCUT2D eigenvalue weighted by atomic mass is 10.4. The molecule has 2 aromatic heterocycles.